The first-order valence-corrected chi connectivity index (χ1v) is 7.71. The summed E-state index contributed by atoms with van der Waals surface area (Å²) in [4.78, 5) is 37.0. The Balaban J connectivity index is 2.57. The van der Waals surface area contributed by atoms with Crippen molar-refractivity contribution in [3.8, 4) is 0 Å². The molecule has 1 aliphatic rings. The van der Waals surface area contributed by atoms with Crippen molar-refractivity contribution in [2.45, 2.75) is 46.1 Å². The van der Waals surface area contributed by atoms with E-state index in [2.05, 4.69) is 10.6 Å². The number of carbonyl (C=O) groups excluding carboxylic acids is 2. The summed E-state index contributed by atoms with van der Waals surface area (Å²) in [6.45, 7) is 8.47. The summed E-state index contributed by atoms with van der Waals surface area (Å²) in [6, 6.07) is -0.163. The molecule has 126 valence electrons. The number of rotatable bonds is 5. The first kappa shape index (κ1) is 18.3. The summed E-state index contributed by atoms with van der Waals surface area (Å²) < 4.78 is 0. The lowest BCUT2D eigenvalue weighted by atomic mass is 9.95. The van der Waals surface area contributed by atoms with E-state index in [1.807, 2.05) is 13.8 Å². The van der Waals surface area contributed by atoms with Crippen LogP contribution < -0.4 is 10.6 Å². The smallest absolute Gasteiger partial charge is 0.328 e. The molecule has 0 bridgehead atoms. The van der Waals surface area contributed by atoms with Gasteiger partial charge in [0.15, 0.2) is 0 Å². The largest absolute Gasteiger partial charge is 0.480 e. The molecule has 1 saturated heterocycles. The maximum Gasteiger partial charge on any atom is 0.328 e. The van der Waals surface area contributed by atoms with Gasteiger partial charge in [-0.3, -0.25) is 4.79 Å². The van der Waals surface area contributed by atoms with E-state index in [1.165, 1.54) is 13.8 Å². The second kappa shape index (κ2) is 7.47. The van der Waals surface area contributed by atoms with Crippen LogP contribution in [0, 0.1) is 11.8 Å². The predicted molar refractivity (Wildman–Crippen MR) is 82.4 cm³/mol. The number of hydrogen-bond donors (Lipinski definition) is 3. The number of aliphatic carboxylic acids is 1. The lowest BCUT2D eigenvalue weighted by Crippen LogP contribution is -2.55. The molecule has 0 radical (unpaired) electrons. The fraction of sp³-hybridized carbons (Fsp3) is 0.800. The molecule has 1 unspecified atom stereocenters. The Labute approximate surface area is 131 Å². The lowest BCUT2D eigenvalue weighted by molar-refractivity contribution is -0.147. The minimum absolute atomic E-state index is 0.163. The van der Waals surface area contributed by atoms with Crippen molar-refractivity contribution in [3.63, 3.8) is 0 Å². The van der Waals surface area contributed by atoms with E-state index >= 15 is 0 Å². The molecular weight excluding hydrogens is 286 g/mol. The molecule has 3 N–H and O–H groups in total. The Morgan fingerprint density at radius 2 is 1.95 bits per heavy atom. The van der Waals surface area contributed by atoms with Gasteiger partial charge in [-0.1, -0.05) is 13.8 Å². The summed E-state index contributed by atoms with van der Waals surface area (Å²) in [5.74, 6) is -1.39. The second-order valence-electron chi connectivity index (χ2n) is 6.78. The fourth-order valence-corrected chi connectivity index (χ4v) is 2.24. The molecule has 0 aromatic rings. The predicted octanol–water partition coefficient (Wildman–Crippen LogP) is 1.04. The Hall–Kier alpha value is -1.79. The monoisotopic (exact) mass is 313 g/mol. The normalized spacial score (nSPS) is 19.0. The highest BCUT2D eigenvalue weighted by molar-refractivity contribution is 5.88. The molecule has 1 fully saturated rings. The molecule has 0 saturated carbocycles. The van der Waals surface area contributed by atoms with E-state index in [0.29, 0.717) is 32.0 Å². The molecule has 7 nitrogen and oxygen atoms in total. The quantitative estimate of drug-likeness (QED) is 0.706. The first-order valence-electron chi connectivity index (χ1n) is 7.71. The third kappa shape index (κ3) is 5.20. The molecular formula is C15H27N3O4. The zero-order valence-corrected chi connectivity index (χ0v) is 13.8. The van der Waals surface area contributed by atoms with Crippen molar-refractivity contribution in [2.24, 2.45) is 11.8 Å². The average molecular weight is 313 g/mol. The van der Waals surface area contributed by atoms with Gasteiger partial charge in [-0.15, -0.1) is 0 Å². The minimum Gasteiger partial charge on any atom is -0.480 e. The summed E-state index contributed by atoms with van der Waals surface area (Å²) in [7, 11) is 0. The number of carboxylic acids is 1. The van der Waals surface area contributed by atoms with E-state index in [9.17, 15) is 14.4 Å². The van der Waals surface area contributed by atoms with Gasteiger partial charge in [-0.2, -0.15) is 0 Å². The lowest BCUT2D eigenvalue weighted by Gasteiger charge is -2.33. The van der Waals surface area contributed by atoms with E-state index in [-0.39, 0.29) is 17.9 Å². The van der Waals surface area contributed by atoms with Crippen LogP contribution >= 0.6 is 0 Å². The molecule has 3 amide bonds. The third-order valence-electron chi connectivity index (χ3n) is 3.71. The van der Waals surface area contributed by atoms with Gasteiger partial charge in [0.25, 0.3) is 0 Å². The number of nitrogens with one attached hydrogen (secondary N) is 2. The Kier molecular flexibility index (Phi) is 6.20. The molecule has 0 aromatic heterocycles. The van der Waals surface area contributed by atoms with Crippen molar-refractivity contribution >= 4 is 17.9 Å². The third-order valence-corrected chi connectivity index (χ3v) is 3.71. The zero-order chi connectivity index (χ0) is 16.9. The first-order chi connectivity index (χ1) is 10.1. The van der Waals surface area contributed by atoms with Gasteiger partial charge >= 0.3 is 12.0 Å². The van der Waals surface area contributed by atoms with Crippen molar-refractivity contribution in [3.05, 3.63) is 0 Å². The van der Waals surface area contributed by atoms with Crippen molar-refractivity contribution in [1.82, 2.24) is 15.5 Å². The van der Waals surface area contributed by atoms with Gasteiger partial charge in [-0.25, -0.2) is 9.59 Å². The van der Waals surface area contributed by atoms with Crippen LogP contribution in [0.5, 0.6) is 0 Å². The highest BCUT2D eigenvalue weighted by atomic mass is 16.4. The van der Waals surface area contributed by atoms with Gasteiger partial charge in [0.05, 0.1) is 5.92 Å². The summed E-state index contributed by atoms with van der Waals surface area (Å²) >= 11 is 0. The van der Waals surface area contributed by atoms with E-state index in [4.69, 9.17) is 5.11 Å². The number of carboxylic acid groups (broad SMARTS) is 1. The van der Waals surface area contributed by atoms with E-state index in [0.717, 1.165) is 6.42 Å². The van der Waals surface area contributed by atoms with Crippen LogP contribution in [0.15, 0.2) is 0 Å². The van der Waals surface area contributed by atoms with Crippen molar-refractivity contribution in [1.29, 1.82) is 0 Å². The number of likely N-dealkylation sites (tertiary alicyclic amines) is 1. The molecule has 0 aromatic carbocycles. The highest BCUT2D eigenvalue weighted by Crippen LogP contribution is 2.18. The van der Waals surface area contributed by atoms with Crippen LogP contribution in [0.4, 0.5) is 4.79 Å². The molecule has 1 aliphatic heterocycles. The SMILES string of the molecule is CC(C)CNC(=O)N1CCCC(C(=O)NC(C)(C)C(=O)O)C1. The molecule has 1 rings (SSSR count). The zero-order valence-electron chi connectivity index (χ0n) is 13.8. The number of nitrogens with zero attached hydrogens (tertiary/aromatic N) is 1. The van der Waals surface area contributed by atoms with Crippen LogP contribution in [0.25, 0.3) is 0 Å². The summed E-state index contributed by atoms with van der Waals surface area (Å²) in [6.07, 6.45) is 1.40. The maximum absolute atomic E-state index is 12.2. The molecule has 0 aliphatic carbocycles. The summed E-state index contributed by atoms with van der Waals surface area (Å²) in [5, 5.41) is 14.4. The second-order valence-corrected chi connectivity index (χ2v) is 6.78. The highest BCUT2D eigenvalue weighted by Gasteiger charge is 2.34. The number of urea groups is 1. The van der Waals surface area contributed by atoms with Crippen LogP contribution in [0.3, 0.4) is 0 Å². The van der Waals surface area contributed by atoms with E-state index < -0.39 is 11.5 Å². The van der Waals surface area contributed by atoms with Crippen molar-refractivity contribution < 1.29 is 19.5 Å². The maximum atomic E-state index is 12.2. The van der Waals surface area contributed by atoms with Gasteiger partial charge in [0, 0.05) is 19.6 Å². The number of amides is 3. The molecule has 7 heteroatoms. The van der Waals surface area contributed by atoms with Crippen LogP contribution in [-0.2, 0) is 9.59 Å². The Morgan fingerprint density at radius 1 is 1.32 bits per heavy atom. The van der Waals surface area contributed by atoms with Gasteiger partial charge in [-0.05, 0) is 32.6 Å². The van der Waals surface area contributed by atoms with Gasteiger partial charge < -0.3 is 20.6 Å². The molecule has 1 heterocycles. The number of carbonyl (C=O) groups is 3. The van der Waals surface area contributed by atoms with Gasteiger partial charge in [0.1, 0.15) is 5.54 Å². The average Bonchev–Trinajstić information content (AvgIpc) is 2.44. The van der Waals surface area contributed by atoms with Crippen molar-refractivity contribution in [2.75, 3.05) is 19.6 Å². The molecule has 22 heavy (non-hydrogen) atoms. The summed E-state index contributed by atoms with van der Waals surface area (Å²) in [5.41, 5.74) is -1.31. The number of piperidine rings is 1. The molecule has 0 spiro atoms. The van der Waals surface area contributed by atoms with Crippen LogP contribution in [0.1, 0.15) is 40.5 Å². The number of hydrogen-bond acceptors (Lipinski definition) is 3. The van der Waals surface area contributed by atoms with Crippen LogP contribution in [0.2, 0.25) is 0 Å². The fourth-order valence-electron chi connectivity index (χ4n) is 2.24. The topological polar surface area (TPSA) is 98.7 Å². The van der Waals surface area contributed by atoms with Gasteiger partial charge in [0.2, 0.25) is 5.91 Å². The minimum atomic E-state index is -1.31. The van der Waals surface area contributed by atoms with Crippen LogP contribution in [-0.4, -0.2) is 53.1 Å². The van der Waals surface area contributed by atoms with E-state index in [1.54, 1.807) is 4.90 Å². The molecule has 1 atom stereocenters. The Morgan fingerprint density at radius 3 is 2.50 bits per heavy atom. The Bertz CT molecular complexity index is 435. The standard InChI is InChI=1S/C15H27N3O4/c1-10(2)8-16-14(22)18-7-5-6-11(9-18)12(19)17-15(3,4)13(20)21/h10-11H,5-9H2,1-4H3,(H,16,22)(H,17,19)(H,20,21).